The first kappa shape index (κ1) is 18.8. The maximum absolute atomic E-state index is 8.88. The molecule has 1 aromatic heterocycles. The summed E-state index contributed by atoms with van der Waals surface area (Å²) in [7, 11) is 4.66. The minimum Gasteiger partial charge on any atom is -0.493 e. The van der Waals surface area contributed by atoms with Crippen molar-refractivity contribution in [3.8, 4) is 23.3 Å². The number of anilines is 4. The van der Waals surface area contributed by atoms with Crippen LogP contribution < -0.4 is 24.8 Å². The Kier molecular flexibility index (Phi) is 5.77. The molecule has 142 valence electrons. The maximum atomic E-state index is 8.88. The van der Waals surface area contributed by atoms with Crippen molar-refractivity contribution in [2.24, 2.45) is 0 Å². The number of ether oxygens (including phenoxy) is 3. The van der Waals surface area contributed by atoms with Gasteiger partial charge in [0.25, 0.3) is 0 Å². The molecule has 0 spiro atoms. The van der Waals surface area contributed by atoms with E-state index in [1.165, 1.54) is 0 Å². The van der Waals surface area contributed by atoms with Gasteiger partial charge in [-0.3, -0.25) is 0 Å². The summed E-state index contributed by atoms with van der Waals surface area (Å²) in [4.78, 5) is 8.69. The molecule has 0 saturated carbocycles. The summed E-state index contributed by atoms with van der Waals surface area (Å²) in [6.07, 6.45) is 1.64. The molecule has 28 heavy (non-hydrogen) atoms. The van der Waals surface area contributed by atoms with Crippen LogP contribution in [0.1, 0.15) is 5.56 Å². The predicted molar refractivity (Wildman–Crippen MR) is 106 cm³/mol. The summed E-state index contributed by atoms with van der Waals surface area (Å²) in [5, 5.41) is 15.2. The van der Waals surface area contributed by atoms with Gasteiger partial charge in [-0.1, -0.05) is 0 Å². The van der Waals surface area contributed by atoms with Crippen LogP contribution in [0.2, 0.25) is 0 Å². The Morgan fingerprint density at radius 1 is 0.857 bits per heavy atom. The standard InChI is InChI=1S/C20H19N5O3/c1-26-16-10-15(11-17(27-2)19(16)28-3)24-20-22-9-8-18(25-20)23-14-6-4-13(12-21)5-7-14/h4-11H,1-3H3,(H2,22,23,24,25). The summed E-state index contributed by atoms with van der Waals surface area (Å²) in [5.74, 6) is 2.56. The second-order valence-electron chi connectivity index (χ2n) is 5.62. The molecule has 0 fully saturated rings. The van der Waals surface area contributed by atoms with E-state index in [1.807, 2.05) is 12.1 Å². The van der Waals surface area contributed by atoms with Gasteiger partial charge in [0.2, 0.25) is 11.7 Å². The second kappa shape index (κ2) is 8.60. The summed E-state index contributed by atoms with van der Waals surface area (Å²) in [6.45, 7) is 0. The number of nitrogens with zero attached hydrogens (tertiary/aromatic N) is 3. The Morgan fingerprint density at radius 2 is 1.54 bits per heavy atom. The van der Waals surface area contributed by atoms with Gasteiger partial charge >= 0.3 is 0 Å². The third-order valence-electron chi connectivity index (χ3n) is 3.86. The zero-order chi connectivity index (χ0) is 19.9. The van der Waals surface area contributed by atoms with Gasteiger partial charge in [0, 0.05) is 29.7 Å². The molecular formula is C20H19N5O3. The number of hydrogen-bond donors (Lipinski definition) is 2. The molecule has 3 rings (SSSR count). The molecule has 0 saturated heterocycles. The van der Waals surface area contributed by atoms with Crippen molar-refractivity contribution in [3.05, 3.63) is 54.2 Å². The summed E-state index contributed by atoms with van der Waals surface area (Å²) < 4.78 is 16.0. The van der Waals surface area contributed by atoms with E-state index < -0.39 is 0 Å². The fraction of sp³-hybridized carbons (Fsp3) is 0.150. The topological polar surface area (TPSA) is 101 Å². The molecule has 0 aliphatic rings. The van der Waals surface area contributed by atoms with E-state index in [2.05, 4.69) is 26.7 Å². The molecule has 8 heteroatoms. The fourth-order valence-corrected chi connectivity index (χ4v) is 2.55. The van der Waals surface area contributed by atoms with Crippen LogP contribution in [0.3, 0.4) is 0 Å². The fourth-order valence-electron chi connectivity index (χ4n) is 2.55. The van der Waals surface area contributed by atoms with E-state index in [0.29, 0.717) is 40.3 Å². The number of methoxy groups -OCH3 is 3. The Labute approximate surface area is 162 Å². The number of benzene rings is 2. The van der Waals surface area contributed by atoms with Gasteiger partial charge in [-0.05, 0) is 30.3 Å². The minimum absolute atomic E-state index is 0.396. The van der Waals surface area contributed by atoms with Crippen LogP contribution >= 0.6 is 0 Å². The molecule has 0 aliphatic heterocycles. The van der Waals surface area contributed by atoms with Crippen molar-refractivity contribution in [1.82, 2.24) is 9.97 Å². The van der Waals surface area contributed by atoms with Crippen LogP contribution in [-0.4, -0.2) is 31.3 Å². The molecule has 0 unspecified atom stereocenters. The van der Waals surface area contributed by atoms with E-state index in [9.17, 15) is 0 Å². The highest BCUT2D eigenvalue weighted by molar-refractivity contribution is 5.66. The third-order valence-corrected chi connectivity index (χ3v) is 3.86. The zero-order valence-electron chi connectivity index (χ0n) is 15.7. The molecule has 8 nitrogen and oxygen atoms in total. The van der Waals surface area contributed by atoms with E-state index in [0.717, 1.165) is 5.69 Å². The van der Waals surface area contributed by atoms with E-state index >= 15 is 0 Å². The maximum Gasteiger partial charge on any atom is 0.229 e. The van der Waals surface area contributed by atoms with Gasteiger partial charge in [-0.15, -0.1) is 0 Å². The van der Waals surface area contributed by atoms with E-state index in [-0.39, 0.29) is 0 Å². The van der Waals surface area contributed by atoms with Gasteiger partial charge in [-0.2, -0.15) is 10.2 Å². The largest absolute Gasteiger partial charge is 0.493 e. The number of nitrogens with one attached hydrogen (secondary N) is 2. The zero-order valence-corrected chi connectivity index (χ0v) is 15.7. The Hall–Kier alpha value is -3.99. The highest BCUT2D eigenvalue weighted by Gasteiger charge is 2.14. The third kappa shape index (κ3) is 4.22. The first-order chi connectivity index (χ1) is 13.7. The van der Waals surface area contributed by atoms with Gasteiger partial charge < -0.3 is 24.8 Å². The molecule has 0 radical (unpaired) electrons. The smallest absolute Gasteiger partial charge is 0.229 e. The van der Waals surface area contributed by atoms with Crippen LogP contribution in [0.15, 0.2) is 48.7 Å². The second-order valence-corrected chi connectivity index (χ2v) is 5.62. The lowest BCUT2D eigenvalue weighted by molar-refractivity contribution is 0.324. The minimum atomic E-state index is 0.396. The summed E-state index contributed by atoms with van der Waals surface area (Å²) in [6, 6.07) is 14.5. The first-order valence-electron chi connectivity index (χ1n) is 8.34. The molecule has 0 atom stereocenters. The van der Waals surface area contributed by atoms with Gasteiger partial charge in [-0.25, -0.2) is 4.98 Å². The first-order valence-corrected chi connectivity index (χ1v) is 8.34. The lowest BCUT2D eigenvalue weighted by Gasteiger charge is -2.15. The van der Waals surface area contributed by atoms with Crippen LogP contribution in [0.25, 0.3) is 0 Å². The quantitative estimate of drug-likeness (QED) is 0.640. The highest BCUT2D eigenvalue weighted by Crippen LogP contribution is 2.40. The number of hydrogen-bond acceptors (Lipinski definition) is 8. The van der Waals surface area contributed by atoms with Crippen LogP contribution in [-0.2, 0) is 0 Å². The molecule has 2 aromatic carbocycles. The van der Waals surface area contributed by atoms with Crippen LogP contribution in [0.5, 0.6) is 17.2 Å². The van der Waals surface area contributed by atoms with E-state index in [1.54, 1.807) is 57.9 Å². The monoisotopic (exact) mass is 377 g/mol. The number of nitriles is 1. The van der Waals surface area contributed by atoms with Gasteiger partial charge in [0.1, 0.15) is 5.82 Å². The number of rotatable bonds is 7. The van der Waals surface area contributed by atoms with Crippen LogP contribution in [0.4, 0.5) is 23.1 Å². The van der Waals surface area contributed by atoms with Crippen molar-refractivity contribution < 1.29 is 14.2 Å². The van der Waals surface area contributed by atoms with Gasteiger partial charge in [0.05, 0.1) is 33.0 Å². The molecule has 2 N–H and O–H groups in total. The SMILES string of the molecule is COc1cc(Nc2nccc(Nc3ccc(C#N)cc3)n2)cc(OC)c1OC. The molecule has 0 bridgehead atoms. The summed E-state index contributed by atoms with van der Waals surface area (Å²) in [5.41, 5.74) is 2.10. The molecule has 0 aliphatic carbocycles. The normalized spacial score (nSPS) is 9.93. The molecule has 0 amide bonds. The summed E-state index contributed by atoms with van der Waals surface area (Å²) >= 11 is 0. The average Bonchev–Trinajstić information content (AvgIpc) is 2.73. The Morgan fingerprint density at radius 3 is 2.11 bits per heavy atom. The average molecular weight is 377 g/mol. The van der Waals surface area contributed by atoms with Crippen molar-refractivity contribution in [3.63, 3.8) is 0 Å². The van der Waals surface area contributed by atoms with Crippen molar-refractivity contribution in [2.75, 3.05) is 32.0 Å². The lowest BCUT2D eigenvalue weighted by Crippen LogP contribution is -2.02. The van der Waals surface area contributed by atoms with Crippen LogP contribution in [0, 0.1) is 11.3 Å². The molecular weight excluding hydrogens is 358 g/mol. The highest BCUT2D eigenvalue weighted by atomic mass is 16.5. The molecule has 3 aromatic rings. The Balaban J connectivity index is 1.81. The van der Waals surface area contributed by atoms with E-state index in [4.69, 9.17) is 19.5 Å². The van der Waals surface area contributed by atoms with Crippen molar-refractivity contribution >= 4 is 23.1 Å². The molecule has 1 heterocycles. The number of aromatic nitrogens is 2. The predicted octanol–water partition coefficient (Wildman–Crippen LogP) is 3.86. The van der Waals surface area contributed by atoms with Crippen molar-refractivity contribution in [1.29, 1.82) is 5.26 Å². The van der Waals surface area contributed by atoms with Gasteiger partial charge in [0.15, 0.2) is 11.5 Å². The Bertz CT molecular complexity index is 974. The lowest BCUT2D eigenvalue weighted by atomic mass is 10.2. The van der Waals surface area contributed by atoms with Crippen molar-refractivity contribution in [2.45, 2.75) is 0 Å².